The van der Waals surface area contributed by atoms with Gasteiger partial charge in [0.25, 0.3) is 0 Å². The smallest absolute Gasteiger partial charge is 0.410 e. The second-order valence-electron chi connectivity index (χ2n) is 7.85. The van der Waals surface area contributed by atoms with Gasteiger partial charge in [-0.25, -0.2) is 19.6 Å². The highest BCUT2D eigenvalue weighted by atomic mass is 16.6. The van der Waals surface area contributed by atoms with Crippen LogP contribution in [0.4, 0.5) is 10.6 Å². The molecule has 0 spiro atoms. The fraction of sp³-hybridized carbons (Fsp3) is 0.684. The molecule has 8 heteroatoms. The van der Waals surface area contributed by atoms with E-state index in [0.29, 0.717) is 18.8 Å². The molecule has 1 aromatic rings. The maximum Gasteiger partial charge on any atom is 0.410 e. The molecule has 1 fully saturated rings. The minimum absolute atomic E-state index is 0.0116. The molecular weight excluding hydrogens is 348 g/mol. The number of methoxy groups -OCH3 is 1. The van der Waals surface area contributed by atoms with E-state index in [1.807, 2.05) is 34.6 Å². The lowest BCUT2D eigenvalue weighted by Gasteiger charge is -2.45. The second-order valence-corrected chi connectivity index (χ2v) is 7.85. The average molecular weight is 378 g/mol. The van der Waals surface area contributed by atoms with Gasteiger partial charge in [0, 0.05) is 19.1 Å². The van der Waals surface area contributed by atoms with Gasteiger partial charge < -0.3 is 19.3 Å². The first-order valence-corrected chi connectivity index (χ1v) is 9.25. The van der Waals surface area contributed by atoms with Gasteiger partial charge in [0.1, 0.15) is 11.4 Å². The SMILES string of the molecule is CC[C@H]1CN(c2ncc(C(=O)OC)nc2C)[C@H](C)CN1C(=O)OC(C)(C)C. The van der Waals surface area contributed by atoms with Gasteiger partial charge in [0.15, 0.2) is 5.69 Å². The Morgan fingerprint density at radius 3 is 2.48 bits per heavy atom. The molecule has 1 amide bonds. The third-order valence-electron chi connectivity index (χ3n) is 4.53. The van der Waals surface area contributed by atoms with Crippen molar-refractivity contribution in [2.75, 3.05) is 25.1 Å². The minimum Gasteiger partial charge on any atom is -0.464 e. The third-order valence-corrected chi connectivity index (χ3v) is 4.53. The molecule has 27 heavy (non-hydrogen) atoms. The van der Waals surface area contributed by atoms with Crippen molar-refractivity contribution in [2.45, 2.75) is 65.6 Å². The summed E-state index contributed by atoms with van der Waals surface area (Å²) in [5.41, 5.74) is 0.317. The summed E-state index contributed by atoms with van der Waals surface area (Å²) in [5.74, 6) is 0.212. The Hall–Kier alpha value is -2.38. The van der Waals surface area contributed by atoms with Crippen LogP contribution in [0.1, 0.15) is 57.2 Å². The number of rotatable bonds is 3. The number of carbonyl (C=O) groups excluding carboxylic acids is 2. The first-order chi connectivity index (χ1) is 12.6. The maximum atomic E-state index is 12.6. The fourth-order valence-electron chi connectivity index (χ4n) is 3.19. The fourth-order valence-corrected chi connectivity index (χ4v) is 3.19. The Morgan fingerprint density at radius 1 is 1.30 bits per heavy atom. The van der Waals surface area contributed by atoms with Crippen LogP contribution in [-0.4, -0.2) is 64.8 Å². The molecule has 1 aliphatic rings. The summed E-state index contributed by atoms with van der Waals surface area (Å²) in [5, 5.41) is 0. The summed E-state index contributed by atoms with van der Waals surface area (Å²) in [6.07, 6.45) is 1.95. The van der Waals surface area contributed by atoms with Crippen molar-refractivity contribution >= 4 is 17.9 Å². The van der Waals surface area contributed by atoms with Gasteiger partial charge in [-0.2, -0.15) is 0 Å². The maximum absolute atomic E-state index is 12.6. The molecule has 8 nitrogen and oxygen atoms in total. The van der Waals surface area contributed by atoms with Gasteiger partial charge >= 0.3 is 12.1 Å². The summed E-state index contributed by atoms with van der Waals surface area (Å²) in [4.78, 5) is 37.0. The Labute approximate surface area is 160 Å². The van der Waals surface area contributed by atoms with E-state index in [1.165, 1.54) is 13.3 Å². The van der Waals surface area contributed by atoms with E-state index in [4.69, 9.17) is 9.47 Å². The summed E-state index contributed by atoms with van der Waals surface area (Å²) in [7, 11) is 1.32. The molecule has 0 radical (unpaired) electrons. The zero-order chi connectivity index (χ0) is 20.4. The second kappa shape index (κ2) is 8.10. The highest BCUT2D eigenvalue weighted by Crippen LogP contribution is 2.26. The number of hydrogen-bond acceptors (Lipinski definition) is 7. The van der Waals surface area contributed by atoms with Gasteiger partial charge in [-0.1, -0.05) is 6.92 Å². The van der Waals surface area contributed by atoms with E-state index >= 15 is 0 Å². The standard InChI is InChI=1S/C19H30N4O4/c1-8-14-11-22(12(2)10-23(14)18(25)27-19(4,5)6)16-13(3)21-15(9-20-16)17(24)26-7/h9,12,14H,8,10-11H2,1-7H3/t12-,14+/m1/s1. The van der Waals surface area contributed by atoms with Crippen LogP contribution in [0.3, 0.4) is 0 Å². The van der Waals surface area contributed by atoms with Crippen LogP contribution in [0.25, 0.3) is 0 Å². The zero-order valence-electron chi connectivity index (χ0n) is 17.3. The summed E-state index contributed by atoms with van der Waals surface area (Å²) >= 11 is 0. The van der Waals surface area contributed by atoms with Crippen molar-refractivity contribution in [3.63, 3.8) is 0 Å². The Bertz CT molecular complexity index is 701. The molecule has 0 bridgehead atoms. The normalized spacial score (nSPS) is 20.4. The number of carbonyl (C=O) groups is 2. The predicted molar refractivity (Wildman–Crippen MR) is 102 cm³/mol. The molecular formula is C19H30N4O4. The largest absolute Gasteiger partial charge is 0.464 e. The Morgan fingerprint density at radius 2 is 1.96 bits per heavy atom. The van der Waals surface area contributed by atoms with E-state index in [-0.39, 0.29) is 23.9 Å². The van der Waals surface area contributed by atoms with Gasteiger partial charge in [0.05, 0.1) is 25.0 Å². The lowest BCUT2D eigenvalue weighted by molar-refractivity contribution is 0.0105. The van der Waals surface area contributed by atoms with E-state index in [2.05, 4.69) is 21.8 Å². The van der Waals surface area contributed by atoms with Crippen LogP contribution < -0.4 is 4.90 Å². The van der Waals surface area contributed by atoms with E-state index in [9.17, 15) is 9.59 Å². The number of piperazine rings is 1. The minimum atomic E-state index is -0.526. The molecule has 150 valence electrons. The first kappa shape index (κ1) is 20.9. The van der Waals surface area contributed by atoms with Crippen LogP contribution in [0, 0.1) is 6.92 Å². The molecule has 1 saturated heterocycles. The molecule has 0 aromatic carbocycles. The molecule has 0 saturated carbocycles. The molecule has 1 aliphatic heterocycles. The van der Waals surface area contributed by atoms with Crippen LogP contribution in [0.15, 0.2) is 6.20 Å². The van der Waals surface area contributed by atoms with Crippen molar-refractivity contribution < 1.29 is 19.1 Å². The van der Waals surface area contributed by atoms with Crippen LogP contribution in [0.2, 0.25) is 0 Å². The zero-order valence-corrected chi connectivity index (χ0v) is 17.3. The van der Waals surface area contributed by atoms with E-state index < -0.39 is 11.6 Å². The van der Waals surface area contributed by atoms with Crippen molar-refractivity contribution in [3.05, 3.63) is 17.6 Å². The van der Waals surface area contributed by atoms with Crippen molar-refractivity contribution in [2.24, 2.45) is 0 Å². The number of ether oxygens (including phenoxy) is 2. The van der Waals surface area contributed by atoms with Crippen LogP contribution >= 0.6 is 0 Å². The van der Waals surface area contributed by atoms with Gasteiger partial charge in [0.2, 0.25) is 0 Å². The number of nitrogens with zero attached hydrogens (tertiary/aromatic N) is 4. The lowest BCUT2D eigenvalue weighted by atomic mass is 10.1. The molecule has 0 unspecified atom stereocenters. The topological polar surface area (TPSA) is 84.9 Å². The lowest BCUT2D eigenvalue weighted by Crippen LogP contribution is -2.60. The predicted octanol–water partition coefficient (Wildman–Crippen LogP) is 2.80. The van der Waals surface area contributed by atoms with Gasteiger partial charge in [-0.05, 0) is 41.0 Å². The van der Waals surface area contributed by atoms with Gasteiger partial charge in [-0.3, -0.25) is 0 Å². The molecule has 1 aromatic heterocycles. The monoisotopic (exact) mass is 378 g/mol. The molecule has 2 atom stereocenters. The quantitative estimate of drug-likeness (QED) is 0.748. The number of esters is 1. The number of aryl methyl sites for hydroxylation is 1. The highest BCUT2D eigenvalue weighted by Gasteiger charge is 2.37. The molecule has 2 rings (SSSR count). The van der Waals surface area contributed by atoms with Crippen LogP contribution in [-0.2, 0) is 9.47 Å². The highest BCUT2D eigenvalue weighted by molar-refractivity contribution is 5.87. The van der Waals surface area contributed by atoms with E-state index in [0.717, 1.165) is 12.2 Å². The molecule has 0 aliphatic carbocycles. The molecule has 0 N–H and O–H groups in total. The Balaban J connectivity index is 2.22. The number of aromatic nitrogens is 2. The summed E-state index contributed by atoms with van der Waals surface area (Å²) in [6, 6.07) is 0.0508. The van der Waals surface area contributed by atoms with Gasteiger partial charge in [-0.15, -0.1) is 0 Å². The van der Waals surface area contributed by atoms with Crippen molar-refractivity contribution in [1.82, 2.24) is 14.9 Å². The number of anilines is 1. The number of amides is 1. The summed E-state index contributed by atoms with van der Waals surface area (Å²) < 4.78 is 10.3. The number of hydrogen-bond donors (Lipinski definition) is 0. The van der Waals surface area contributed by atoms with E-state index in [1.54, 1.807) is 4.90 Å². The first-order valence-electron chi connectivity index (χ1n) is 9.25. The Kier molecular flexibility index (Phi) is 6.28. The third kappa shape index (κ3) is 4.87. The molecule has 2 heterocycles. The summed E-state index contributed by atoms with van der Waals surface area (Å²) in [6.45, 7) is 12.7. The van der Waals surface area contributed by atoms with Crippen molar-refractivity contribution in [1.29, 1.82) is 0 Å². The van der Waals surface area contributed by atoms with Crippen molar-refractivity contribution in [3.8, 4) is 0 Å². The van der Waals surface area contributed by atoms with Crippen LogP contribution in [0.5, 0.6) is 0 Å². The average Bonchev–Trinajstić information content (AvgIpc) is 2.59.